The van der Waals surface area contributed by atoms with Crippen LogP contribution in [0.4, 0.5) is 8.78 Å². The van der Waals surface area contributed by atoms with E-state index >= 15 is 0 Å². The van der Waals surface area contributed by atoms with Crippen LogP contribution in [0.3, 0.4) is 0 Å². The maximum Gasteiger partial charge on any atom is 0.387 e. The van der Waals surface area contributed by atoms with Crippen LogP contribution in [0.15, 0.2) is 18.2 Å². The van der Waals surface area contributed by atoms with Crippen LogP contribution in [0.1, 0.15) is 11.1 Å². The number of alkyl halides is 2. The van der Waals surface area contributed by atoms with Crippen molar-refractivity contribution >= 4 is 5.91 Å². The van der Waals surface area contributed by atoms with Gasteiger partial charge in [0.1, 0.15) is 11.8 Å². The predicted octanol–water partition coefficient (Wildman–Crippen LogP) is 1.19. The Morgan fingerprint density at radius 3 is 2.75 bits per heavy atom. The number of halogens is 2. The first kappa shape index (κ1) is 16.3. The number of benzene rings is 1. The Hall–Kier alpha value is -1.73. The van der Waals surface area contributed by atoms with E-state index < -0.39 is 18.6 Å². The normalized spacial score (nSPS) is 12.3. The second-order valence-electron chi connectivity index (χ2n) is 4.27. The topological polar surface area (TPSA) is 73.6 Å². The zero-order chi connectivity index (χ0) is 15.1. The van der Waals surface area contributed by atoms with Gasteiger partial charge in [0, 0.05) is 19.2 Å². The molecule has 0 spiro atoms. The van der Waals surface area contributed by atoms with Crippen LogP contribution in [0.25, 0.3) is 0 Å². The highest BCUT2D eigenvalue weighted by Crippen LogP contribution is 2.21. The molecule has 0 aliphatic rings. The summed E-state index contributed by atoms with van der Waals surface area (Å²) in [6.07, 6.45) is 0. The van der Waals surface area contributed by atoms with Crippen molar-refractivity contribution in [3.05, 3.63) is 29.3 Å². The molecule has 0 heterocycles. The maximum absolute atomic E-state index is 12.3. The van der Waals surface area contributed by atoms with Gasteiger partial charge in [-0.2, -0.15) is 8.78 Å². The Balaban J connectivity index is 2.70. The van der Waals surface area contributed by atoms with Gasteiger partial charge in [-0.05, 0) is 13.0 Å². The molecule has 1 atom stereocenters. The molecular weight excluding hydrogens is 270 g/mol. The first-order valence-corrected chi connectivity index (χ1v) is 6.00. The quantitative estimate of drug-likeness (QED) is 0.790. The minimum absolute atomic E-state index is 0.0335. The fourth-order valence-corrected chi connectivity index (χ4v) is 1.63. The molecule has 7 heteroatoms. The van der Waals surface area contributed by atoms with Crippen LogP contribution in [0.5, 0.6) is 5.75 Å². The Labute approximate surface area is 116 Å². The van der Waals surface area contributed by atoms with Crippen LogP contribution in [-0.4, -0.2) is 32.3 Å². The highest BCUT2D eigenvalue weighted by atomic mass is 19.3. The Bertz CT molecular complexity index is 455. The average Bonchev–Trinajstić information content (AvgIpc) is 2.38. The summed E-state index contributed by atoms with van der Waals surface area (Å²) in [6.45, 7) is -0.961. The lowest BCUT2D eigenvalue weighted by atomic mass is 10.1. The Kier molecular flexibility index (Phi) is 6.33. The van der Waals surface area contributed by atoms with Crippen molar-refractivity contribution in [2.45, 2.75) is 26.1 Å². The lowest BCUT2D eigenvalue weighted by Crippen LogP contribution is -2.43. The monoisotopic (exact) mass is 288 g/mol. The predicted molar refractivity (Wildman–Crippen MR) is 69.5 cm³/mol. The number of amides is 1. The zero-order valence-corrected chi connectivity index (χ0v) is 11.4. The number of rotatable bonds is 7. The van der Waals surface area contributed by atoms with Gasteiger partial charge < -0.3 is 20.5 Å². The molecule has 3 N–H and O–H groups in total. The van der Waals surface area contributed by atoms with Crippen molar-refractivity contribution in [3.8, 4) is 5.75 Å². The van der Waals surface area contributed by atoms with Crippen molar-refractivity contribution in [1.82, 2.24) is 5.32 Å². The van der Waals surface area contributed by atoms with E-state index in [2.05, 4.69) is 10.1 Å². The van der Waals surface area contributed by atoms with E-state index in [1.165, 1.54) is 13.2 Å². The third kappa shape index (κ3) is 5.10. The summed E-state index contributed by atoms with van der Waals surface area (Å²) in [4.78, 5) is 11.6. The largest absolute Gasteiger partial charge is 0.434 e. The molecule has 0 aliphatic heterocycles. The van der Waals surface area contributed by atoms with E-state index in [1.54, 1.807) is 12.1 Å². The van der Waals surface area contributed by atoms with Gasteiger partial charge in [-0.1, -0.05) is 17.7 Å². The third-order valence-corrected chi connectivity index (χ3v) is 2.57. The summed E-state index contributed by atoms with van der Waals surface area (Å²) in [6, 6.07) is 3.96. The fourth-order valence-electron chi connectivity index (χ4n) is 1.63. The smallest absolute Gasteiger partial charge is 0.387 e. The molecular formula is C13H18F2N2O3. The maximum atomic E-state index is 12.3. The number of hydrogen-bond donors (Lipinski definition) is 2. The van der Waals surface area contributed by atoms with Gasteiger partial charge in [0.2, 0.25) is 5.91 Å². The van der Waals surface area contributed by atoms with Crippen molar-refractivity contribution < 1.29 is 23.0 Å². The molecule has 112 valence electrons. The molecule has 20 heavy (non-hydrogen) atoms. The second-order valence-corrected chi connectivity index (χ2v) is 4.27. The zero-order valence-electron chi connectivity index (χ0n) is 11.4. The summed E-state index contributed by atoms with van der Waals surface area (Å²) < 4.78 is 33.7. The minimum Gasteiger partial charge on any atom is -0.434 e. The number of nitrogens with two attached hydrogens (primary N) is 1. The van der Waals surface area contributed by atoms with E-state index in [0.717, 1.165) is 5.56 Å². The average molecular weight is 288 g/mol. The van der Waals surface area contributed by atoms with E-state index in [-0.39, 0.29) is 18.9 Å². The van der Waals surface area contributed by atoms with Crippen molar-refractivity contribution in [2.24, 2.45) is 5.73 Å². The molecule has 0 aliphatic carbocycles. The van der Waals surface area contributed by atoms with Crippen molar-refractivity contribution in [3.63, 3.8) is 0 Å². The summed E-state index contributed by atoms with van der Waals surface area (Å²) in [5, 5.41) is 2.56. The van der Waals surface area contributed by atoms with Crippen LogP contribution >= 0.6 is 0 Å². The van der Waals surface area contributed by atoms with Gasteiger partial charge in [-0.25, -0.2) is 0 Å². The third-order valence-electron chi connectivity index (χ3n) is 2.57. The number of methoxy groups -OCH3 is 1. The number of aryl methyl sites for hydroxylation is 1. The first-order valence-electron chi connectivity index (χ1n) is 6.00. The number of hydrogen-bond acceptors (Lipinski definition) is 4. The Morgan fingerprint density at radius 1 is 1.45 bits per heavy atom. The SMILES string of the molecule is COCC(N)C(=O)NCc1cc(C)ccc1OC(F)F. The second kappa shape index (κ2) is 7.76. The van der Waals surface area contributed by atoms with E-state index in [4.69, 9.17) is 10.5 Å². The van der Waals surface area contributed by atoms with Crippen molar-refractivity contribution in [2.75, 3.05) is 13.7 Å². The molecule has 0 saturated carbocycles. The number of carbonyl (C=O) groups excluding carboxylic acids is 1. The molecule has 0 bridgehead atoms. The molecule has 5 nitrogen and oxygen atoms in total. The summed E-state index contributed by atoms with van der Waals surface area (Å²) in [5.74, 6) is -0.387. The van der Waals surface area contributed by atoms with E-state index in [0.29, 0.717) is 5.56 Å². The van der Waals surface area contributed by atoms with Gasteiger partial charge in [0.15, 0.2) is 0 Å². The molecule has 1 aromatic rings. The van der Waals surface area contributed by atoms with Crippen LogP contribution < -0.4 is 15.8 Å². The van der Waals surface area contributed by atoms with Gasteiger partial charge in [-0.3, -0.25) is 4.79 Å². The molecule has 0 saturated heterocycles. The lowest BCUT2D eigenvalue weighted by Gasteiger charge is -2.14. The van der Waals surface area contributed by atoms with Crippen LogP contribution in [0, 0.1) is 6.92 Å². The van der Waals surface area contributed by atoms with Gasteiger partial charge in [0.25, 0.3) is 0 Å². The van der Waals surface area contributed by atoms with E-state index in [1.807, 2.05) is 6.92 Å². The molecule has 0 radical (unpaired) electrons. The molecule has 1 aromatic carbocycles. The van der Waals surface area contributed by atoms with Crippen molar-refractivity contribution in [1.29, 1.82) is 0 Å². The summed E-state index contributed by atoms with van der Waals surface area (Å²) in [7, 11) is 1.43. The highest BCUT2D eigenvalue weighted by Gasteiger charge is 2.15. The molecule has 1 rings (SSSR count). The van der Waals surface area contributed by atoms with Crippen LogP contribution in [-0.2, 0) is 16.1 Å². The van der Waals surface area contributed by atoms with Gasteiger partial charge >= 0.3 is 6.61 Å². The number of carbonyl (C=O) groups is 1. The summed E-state index contributed by atoms with van der Waals surface area (Å²) >= 11 is 0. The van der Waals surface area contributed by atoms with E-state index in [9.17, 15) is 13.6 Å². The standard InChI is InChI=1S/C13H18F2N2O3/c1-8-3-4-11(20-13(14)15)9(5-8)6-17-12(18)10(16)7-19-2/h3-5,10,13H,6-7,16H2,1-2H3,(H,17,18). The highest BCUT2D eigenvalue weighted by molar-refractivity contribution is 5.81. The van der Waals surface area contributed by atoms with Gasteiger partial charge in [-0.15, -0.1) is 0 Å². The minimum atomic E-state index is -2.91. The van der Waals surface area contributed by atoms with Gasteiger partial charge in [0.05, 0.1) is 6.61 Å². The molecule has 1 unspecified atom stereocenters. The van der Waals surface area contributed by atoms with Crippen LogP contribution in [0.2, 0.25) is 0 Å². The Morgan fingerprint density at radius 2 is 2.15 bits per heavy atom. The molecule has 0 fully saturated rings. The number of ether oxygens (including phenoxy) is 2. The lowest BCUT2D eigenvalue weighted by molar-refractivity contribution is -0.123. The fraction of sp³-hybridized carbons (Fsp3) is 0.462. The summed E-state index contributed by atoms with van der Waals surface area (Å²) in [5.41, 5.74) is 6.89. The molecule has 1 amide bonds. The first-order chi connectivity index (χ1) is 9.43. The number of nitrogens with one attached hydrogen (secondary N) is 1. The molecule has 0 aromatic heterocycles.